The molecular weight excluding hydrogens is 241 g/mol. The highest BCUT2D eigenvalue weighted by Crippen LogP contribution is 2.38. The minimum Gasteiger partial charge on any atom is -0.496 e. The predicted molar refractivity (Wildman–Crippen MR) is 63.4 cm³/mol. The number of alkyl halides is 3. The summed E-state index contributed by atoms with van der Waals surface area (Å²) in [6.45, 7) is 0. The van der Waals surface area contributed by atoms with Gasteiger partial charge in [0.25, 0.3) is 0 Å². The molecule has 0 aliphatic heterocycles. The van der Waals surface area contributed by atoms with E-state index in [9.17, 15) is 13.2 Å². The molecule has 0 aliphatic carbocycles. The molecule has 0 radical (unpaired) electrons. The average molecular weight is 252 g/mol. The molecule has 0 aromatic heterocycles. The van der Waals surface area contributed by atoms with E-state index in [4.69, 9.17) is 4.74 Å². The first kappa shape index (κ1) is 12.5. The number of hydrogen-bond acceptors (Lipinski definition) is 1. The number of halogens is 3. The third-order valence-corrected chi connectivity index (χ3v) is 2.61. The van der Waals surface area contributed by atoms with Gasteiger partial charge in [-0.25, -0.2) is 0 Å². The Kier molecular flexibility index (Phi) is 3.28. The molecule has 0 aliphatic rings. The summed E-state index contributed by atoms with van der Waals surface area (Å²) in [5.41, 5.74) is 0.787. The smallest absolute Gasteiger partial charge is 0.419 e. The molecule has 0 saturated carbocycles. The molecule has 94 valence electrons. The molecule has 2 rings (SSSR count). The zero-order chi connectivity index (χ0) is 13.2. The fourth-order valence-corrected chi connectivity index (χ4v) is 1.74. The summed E-state index contributed by atoms with van der Waals surface area (Å²) in [5.74, 6) is -0.163. The molecule has 0 N–H and O–H groups in total. The second-order valence-corrected chi connectivity index (χ2v) is 3.78. The quantitative estimate of drug-likeness (QED) is 0.770. The maximum absolute atomic E-state index is 12.7. The van der Waals surface area contributed by atoms with Crippen LogP contribution in [0.2, 0.25) is 0 Å². The summed E-state index contributed by atoms with van der Waals surface area (Å²) < 4.78 is 42.9. The van der Waals surface area contributed by atoms with Crippen molar-refractivity contribution in [2.45, 2.75) is 6.18 Å². The van der Waals surface area contributed by atoms with E-state index in [1.807, 2.05) is 30.3 Å². The Balaban J connectivity index is 2.49. The van der Waals surface area contributed by atoms with Crippen molar-refractivity contribution in [1.82, 2.24) is 0 Å². The van der Waals surface area contributed by atoms with Crippen LogP contribution >= 0.6 is 0 Å². The minimum absolute atomic E-state index is 0.163. The van der Waals surface area contributed by atoms with Crippen molar-refractivity contribution in [2.24, 2.45) is 0 Å². The normalized spacial score (nSPS) is 11.3. The molecular formula is C14H11F3O. The molecule has 0 unspecified atom stereocenters. The van der Waals surface area contributed by atoms with Crippen LogP contribution in [0.5, 0.6) is 5.75 Å². The van der Waals surface area contributed by atoms with Crippen molar-refractivity contribution >= 4 is 0 Å². The number of hydrogen-bond donors (Lipinski definition) is 0. The van der Waals surface area contributed by atoms with Crippen LogP contribution < -0.4 is 4.74 Å². The highest BCUT2D eigenvalue weighted by Gasteiger charge is 2.34. The van der Waals surface area contributed by atoms with E-state index in [2.05, 4.69) is 0 Å². The first-order valence-electron chi connectivity index (χ1n) is 5.33. The van der Waals surface area contributed by atoms with Crippen molar-refractivity contribution in [3.05, 3.63) is 54.1 Å². The Hall–Kier alpha value is -1.97. The lowest BCUT2D eigenvalue weighted by atomic mass is 10.0. The first-order chi connectivity index (χ1) is 8.52. The summed E-state index contributed by atoms with van der Waals surface area (Å²) in [5, 5.41) is 0. The molecule has 1 nitrogen and oxygen atoms in total. The van der Waals surface area contributed by atoms with Crippen molar-refractivity contribution < 1.29 is 17.9 Å². The molecule has 18 heavy (non-hydrogen) atoms. The lowest BCUT2D eigenvalue weighted by Crippen LogP contribution is -2.07. The Morgan fingerprint density at radius 3 is 2.11 bits per heavy atom. The van der Waals surface area contributed by atoms with Gasteiger partial charge in [-0.2, -0.15) is 13.2 Å². The van der Waals surface area contributed by atoms with Gasteiger partial charge in [0.2, 0.25) is 0 Å². The maximum Gasteiger partial charge on any atom is 0.419 e. The lowest BCUT2D eigenvalue weighted by Gasteiger charge is -2.13. The molecule has 0 amide bonds. The van der Waals surface area contributed by atoms with Crippen molar-refractivity contribution in [3.63, 3.8) is 0 Å². The summed E-state index contributed by atoms with van der Waals surface area (Å²) >= 11 is 0. The van der Waals surface area contributed by atoms with Gasteiger partial charge in [0, 0.05) is 0 Å². The fourth-order valence-electron chi connectivity index (χ4n) is 1.74. The van der Waals surface area contributed by atoms with Gasteiger partial charge < -0.3 is 4.74 Å². The highest BCUT2D eigenvalue weighted by atomic mass is 19.4. The third kappa shape index (κ3) is 2.47. The average Bonchev–Trinajstić information content (AvgIpc) is 2.38. The second-order valence-electron chi connectivity index (χ2n) is 3.78. The fraction of sp³-hybridized carbons (Fsp3) is 0.143. The number of ether oxygens (including phenoxy) is 1. The Bertz CT molecular complexity index is 532. The van der Waals surface area contributed by atoms with E-state index in [0.29, 0.717) is 5.56 Å². The minimum atomic E-state index is -4.40. The topological polar surface area (TPSA) is 9.23 Å². The van der Waals surface area contributed by atoms with E-state index < -0.39 is 11.7 Å². The van der Waals surface area contributed by atoms with Gasteiger partial charge in [-0.3, -0.25) is 0 Å². The van der Waals surface area contributed by atoms with Gasteiger partial charge >= 0.3 is 6.18 Å². The van der Waals surface area contributed by atoms with Crippen LogP contribution in [0.3, 0.4) is 0 Å². The van der Waals surface area contributed by atoms with Gasteiger partial charge in [-0.1, -0.05) is 36.4 Å². The predicted octanol–water partition coefficient (Wildman–Crippen LogP) is 4.38. The molecule has 0 bridgehead atoms. The van der Waals surface area contributed by atoms with Crippen LogP contribution in [-0.2, 0) is 6.18 Å². The molecule has 0 atom stereocenters. The summed E-state index contributed by atoms with van der Waals surface area (Å²) in [6, 6.07) is 13.1. The van der Waals surface area contributed by atoms with Gasteiger partial charge in [0.1, 0.15) is 5.75 Å². The zero-order valence-corrected chi connectivity index (χ0v) is 9.66. The Labute approximate surface area is 103 Å². The Morgan fingerprint density at radius 1 is 0.889 bits per heavy atom. The highest BCUT2D eigenvalue weighted by molar-refractivity contribution is 5.66. The molecule has 0 spiro atoms. The van der Waals surface area contributed by atoms with E-state index in [1.54, 1.807) is 0 Å². The maximum atomic E-state index is 12.7. The van der Waals surface area contributed by atoms with Crippen LogP contribution in [-0.4, -0.2) is 7.11 Å². The van der Waals surface area contributed by atoms with Crippen LogP contribution in [0.25, 0.3) is 11.1 Å². The largest absolute Gasteiger partial charge is 0.496 e. The molecule has 0 fully saturated rings. The zero-order valence-electron chi connectivity index (χ0n) is 9.66. The molecule has 2 aromatic carbocycles. The third-order valence-electron chi connectivity index (χ3n) is 2.61. The van der Waals surface area contributed by atoms with E-state index in [0.717, 1.165) is 11.6 Å². The van der Waals surface area contributed by atoms with Gasteiger partial charge in [-0.05, 0) is 23.3 Å². The molecule has 0 saturated heterocycles. The van der Waals surface area contributed by atoms with Crippen LogP contribution in [0.15, 0.2) is 48.5 Å². The molecule has 2 aromatic rings. The summed E-state index contributed by atoms with van der Waals surface area (Å²) in [7, 11) is 1.24. The van der Waals surface area contributed by atoms with Crippen LogP contribution in [0, 0.1) is 0 Å². The molecule has 0 heterocycles. The van der Waals surface area contributed by atoms with Crippen LogP contribution in [0.4, 0.5) is 13.2 Å². The summed E-state index contributed by atoms with van der Waals surface area (Å²) in [4.78, 5) is 0. The number of rotatable bonds is 2. The van der Waals surface area contributed by atoms with E-state index in [-0.39, 0.29) is 5.75 Å². The van der Waals surface area contributed by atoms with Crippen molar-refractivity contribution in [2.75, 3.05) is 7.11 Å². The van der Waals surface area contributed by atoms with Crippen LogP contribution in [0.1, 0.15) is 5.56 Å². The monoisotopic (exact) mass is 252 g/mol. The first-order valence-corrected chi connectivity index (χ1v) is 5.33. The SMILES string of the molecule is COc1cc(-c2ccccc2)ccc1C(F)(F)F. The van der Waals surface area contributed by atoms with E-state index in [1.165, 1.54) is 19.2 Å². The van der Waals surface area contributed by atoms with Gasteiger partial charge in [0.15, 0.2) is 0 Å². The van der Waals surface area contributed by atoms with Crippen molar-refractivity contribution in [1.29, 1.82) is 0 Å². The molecule has 4 heteroatoms. The number of methoxy groups -OCH3 is 1. The second kappa shape index (κ2) is 4.72. The number of benzene rings is 2. The van der Waals surface area contributed by atoms with Crippen molar-refractivity contribution in [3.8, 4) is 16.9 Å². The standard InChI is InChI=1S/C14H11F3O/c1-18-13-9-11(10-5-3-2-4-6-10)7-8-12(13)14(15,16)17/h2-9H,1H3. The summed E-state index contributed by atoms with van der Waals surface area (Å²) in [6.07, 6.45) is -4.40. The van der Waals surface area contributed by atoms with Gasteiger partial charge in [-0.15, -0.1) is 0 Å². The van der Waals surface area contributed by atoms with E-state index >= 15 is 0 Å². The Morgan fingerprint density at radius 2 is 1.56 bits per heavy atom. The lowest BCUT2D eigenvalue weighted by molar-refractivity contribution is -0.138. The van der Waals surface area contributed by atoms with Gasteiger partial charge in [0.05, 0.1) is 12.7 Å².